The Hall–Kier alpha value is -2.23. The number of hydrogen-bond donors (Lipinski definition) is 2. The number of amides is 1. The van der Waals surface area contributed by atoms with Crippen molar-refractivity contribution in [2.75, 3.05) is 52.3 Å². The lowest BCUT2D eigenvalue weighted by Gasteiger charge is -2.36. The maximum Gasteiger partial charge on any atom is 0.241 e. The second kappa shape index (κ2) is 11.7. The number of aromatic nitrogens is 3. The lowest BCUT2D eigenvalue weighted by Crippen LogP contribution is -2.49. The molecule has 2 N–H and O–H groups in total. The average molecular weight is 513 g/mol. The zero-order valence-corrected chi connectivity index (χ0v) is 22.7. The number of hydrogen-bond acceptors (Lipinski definition) is 7. The first kappa shape index (κ1) is 26.4. The van der Waals surface area contributed by atoms with E-state index in [0.717, 1.165) is 83.1 Å². The van der Waals surface area contributed by atoms with E-state index in [9.17, 15) is 9.90 Å². The molecule has 1 atom stereocenters. The molecule has 37 heavy (non-hydrogen) atoms. The Morgan fingerprint density at radius 2 is 1.76 bits per heavy atom. The summed E-state index contributed by atoms with van der Waals surface area (Å²) in [6.45, 7) is 6.30. The number of piperazine rings is 1. The molecule has 0 bridgehead atoms. The second-order valence-corrected chi connectivity index (χ2v) is 11.6. The number of aliphatic hydroxyl groups excluding tert-OH is 1. The number of aliphatic hydroxyl groups is 1. The first-order valence-electron chi connectivity index (χ1n) is 14.2. The van der Waals surface area contributed by atoms with Crippen LogP contribution in [0.1, 0.15) is 81.4 Å². The monoisotopic (exact) mass is 512 g/mol. The molecule has 9 heteroatoms. The number of rotatable bonds is 7. The van der Waals surface area contributed by atoms with Crippen molar-refractivity contribution in [2.45, 2.75) is 82.3 Å². The van der Waals surface area contributed by atoms with Crippen LogP contribution in [0, 0.1) is 5.92 Å². The van der Waals surface area contributed by atoms with Gasteiger partial charge in [-0.15, -0.1) is 5.10 Å². The number of likely N-dealkylation sites (N-methyl/N-ethyl adjacent to an activating group) is 1. The van der Waals surface area contributed by atoms with Crippen molar-refractivity contribution in [2.24, 2.45) is 5.92 Å². The lowest BCUT2D eigenvalue weighted by molar-refractivity contribution is -0.138. The van der Waals surface area contributed by atoms with E-state index in [0.29, 0.717) is 30.3 Å². The zero-order valence-electron chi connectivity index (χ0n) is 22.7. The summed E-state index contributed by atoms with van der Waals surface area (Å²) in [4.78, 5) is 22.2. The van der Waals surface area contributed by atoms with E-state index < -0.39 is 0 Å². The summed E-state index contributed by atoms with van der Waals surface area (Å²) in [5.74, 6) is 1.93. The Balaban J connectivity index is 1.34. The molecule has 0 spiro atoms. The molecule has 2 aliphatic carbocycles. The number of ether oxygens (including phenoxy) is 1. The molecule has 2 saturated carbocycles. The van der Waals surface area contributed by atoms with E-state index in [2.05, 4.69) is 44.7 Å². The summed E-state index contributed by atoms with van der Waals surface area (Å²) in [6.07, 6.45) is 9.37. The van der Waals surface area contributed by atoms with Crippen molar-refractivity contribution >= 4 is 17.4 Å². The molecule has 3 aliphatic rings. The van der Waals surface area contributed by atoms with Crippen LogP contribution in [0.3, 0.4) is 0 Å². The highest BCUT2D eigenvalue weighted by atomic mass is 16.5. The van der Waals surface area contributed by atoms with E-state index >= 15 is 0 Å². The average Bonchev–Trinajstić information content (AvgIpc) is 3.28. The first-order chi connectivity index (χ1) is 17.9. The predicted molar refractivity (Wildman–Crippen MR) is 144 cm³/mol. The number of nitrogens with one attached hydrogen (secondary N) is 1. The van der Waals surface area contributed by atoms with E-state index in [1.807, 2.05) is 6.20 Å². The molecule has 9 nitrogen and oxygen atoms in total. The molecule has 1 amide bonds. The highest BCUT2D eigenvalue weighted by Gasteiger charge is 2.33. The van der Waals surface area contributed by atoms with E-state index in [1.165, 1.54) is 11.3 Å². The van der Waals surface area contributed by atoms with Crippen LogP contribution in [-0.4, -0.2) is 94.5 Å². The molecular formula is C28H44N6O3. The Bertz CT molecular complexity index is 1050. The minimum atomic E-state index is -0.184. The summed E-state index contributed by atoms with van der Waals surface area (Å²) in [7, 11) is 3.82. The predicted octanol–water partition coefficient (Wildman–Crippen LogP) is 3.24. The third kappa shape index (κ3) is 5.94. The second-order valence-electron chi connectivity index (χ2n) is 11.6. The Labute approximate surface area is 220 Å². The van der Waals surface area contributed by atoms with Crippen LogP contribution in [0.5, 0.6) is 0 Å². The third-order valence-electron chi connectivity index (χ3n) is 8.81. The molecule has 3 fully saturated rings. The van der Waals surface area contributed by atoms with Gasteiger partial charge in [0.2, 0.25) is 11.9 Å². The fourth-order valence-electron chi connectivity index (χ4n) is 6.54. The van der Waals surface area contributed by atoms with Gasteiger partial charge in [0.15, 0.2) is 0 Å². The molecule has 3 heterocycles. The zero-order chi connectivity index (χ0) is 25.9. The summed E-state index contributed by atoms with van der Waals surface area (Å²) in [5, 5.41) is 18.4. The van der Waals surface area contributed by atoms with Gasteiger partial charge in [-0.3, -0.25) is 4.79 Å². The largest absolute Gasteiger partial charge is 0.393 e. The Morgan fingerprint density at radius 1 is 1.08 bits per heavy atom. The van der Waals surface area contributed by atoms with E-state index in [1.54, 1.807) is 7.11 Å². The fourth-order valence-corrected chi connectivity index (χ4v) is 6.54. The van der Waals surface area contributed by atoms with Gasteiger partial charge in [-0.25, -0.2) is 9.50 Å². The Kier molecular flexibility index (Phi) is 8.31. The molecule has 2 aromatic heterocycles. The fraction of sp³-hybridized carbons (Fsp3) is 0.750. The maximum atomic E-state index is 13.2. The lowest BCUT2D eigenvalue weighted by atomic mass is 9.78. The molecule has 0 aromatic carbocycles. The van der Waals surface area contributed by atoms with Gasteiger partial charge in [0.05, 0.1) is 24.4 Å². The van der Waals surface area contributed by atoms with Gasteiger partial charge in [-0.2, -0.15) is 0 Å². The normalized spacial score (nSPS) is 28.4. The molecule has 2 aromatic rings. The molecule has 1 saturated heterocycles. The number of anilines is 1. The smallest absolute Gasteiger partial charge is 0.241 e. The minimum absolute atomic E-state index is 0.110. The van der Waals surface area contributed by atoms with E-state index in [-0.39, 0.29) is 18.1 Å². The van der Waals surface area contributed by atoms with Crippen LogP contribution in [0.4, 0.5) is 5.95 Å². The third-order valence-corrected chi connectivity index (χ3v) is 8.81. The first-order valence-corrected chi connectivity index (χ1v) is 14.2. The highest BCUT2D eigenvalue weighted by Crippen LogP contribution is 2.42. The van der Waals surface area contributed by atoms with Crippen molar-refractivity contribution in [3.8, 4) is 0 Å². The molecule has 1 aliphatic heterocycles. The standard InChI is InChI=1S/C28H44N6O3/c1-19(18-37-3)30-28-29-17-26-24(16-25(34(26)31-28)21-8-10-23(35)11-9-21)20-4-6-22(7-5-20)27(36)33-14-12-32(2)13-15-33/h16-17,19-23,35H,4-15,18H2,1-3H3,(H,30,31)/t19-,20-,21-,22-,23-/m0/s1. The van der Waals surface area contributed by atoms with Crippen molar-refractivity contribution in [3.05, 3.63) is 23.5 Å². The van der Waals surface area contributed by atoms with Crippen LogP contribution in [0.25, 0.3) is 5.52 Å². The number of carbonyl (C=O) groups excluding carboxylic acids is 1. The number of fused-ring (bicyclic) bond motifs is 1. The van der Waals surface area contributed by atoms with Crippen molar-refractivity contribution in [1.29, 1.82) is 0 Å². The molecule has 204 valence electrons. The maximum absolute atomic E-state index is 13.2. The molecular weight excluding hydrogens is 468 g/mol. The van der Waals surface area contributed by atoms with Crippen molar-refractivity contribution in [3.63, 3.8) is 0 Å². The Morgan fingerprint density at radius 3 is 2.43 bits per heavy atom. The number of methoxy groups -OCH3 is 1. The quantitative estimate of drug-likeness (QED) is 0.588. The van der Waals surface area contributed by atoms with Gasteiger partial charge >= 0.3 is 0 Å². The van der Waals surface area contributed by atoms with Crippen LogP contribution in [0.15, 0.2) is 12.3 Å². The van der Waals surface area contributed by atoms with Crippen molar-refractivity contribution in [1.82, 2.24) is 24.4 Å². The van der Waals surface area contributed by atoms with Crippen molar-refractivity contribution < 1.29 is 14.6 Å². The topological polar surface area (TPSA) is 95.2 Å². The number of nitrogens with zero attached hydrogens (tertiary/aromatic N) is 5. The van der Waals surface area contributed by atoms with Gasteiger partial charge in [0, 0.05) is 56.9 Å². The molecule has 0 radical (unpaired) electrons. The molecule has 5 rings (SSSR count). The van der Waals surface area contributed by atoms with Crippen LogP contribution < -0.4 is 5.32 Å². The van der Waals surface area contributed by atoms with Gasteiger partial charge in [0.1, 0.15) is 0 Å². The van der Waals surface area contributed by atoms with Gasteiger partial charge in [-0.05, 0) is 82.9 Å². The summed E-state index contributed by atoms with van der Waals surface area (Å²) in [6, 6.07) is 2.47. The number of carbonyl (C=O) groups is 1. The van der Waals surface area contributed by atoms with Crippen LogP contribution in [0.2, 0.25) is 0 Å². The summed E-state index contributed by atoms with van der Waals surface area (Å²) in [5.41, 5.74) is 3.64. The van der Waals surface area contributed by atoms with Gasteiger partial charge in [0.25, 0.3) is 0 Å². The minimum Gasteiger partial charge on any atom is -0.393 e. The van der Waals surface area contributed by atoms with Gasteiger partial charge < -0.3 is 25.0 Å². The summed E-state index contributed by atoms with van der Waals surface area (Å²) >= 11 is 0. The summed E-state index contributed by atoms with van der Waals surface area (Å²) < 4.78 is 7.37. The van der Waals surface area contributed by atoms with Crippen LogP contribution >= 0.6 is 0 Å². The SMILES string of the molecule is COC[C@H](C)Nc1ncc2c([C@H]3CC[C@H](C(=O)N4CCN(C)CC4)CC3)cc([C@H]3CC[C@H](O)CC3)n2n1. The molecule has 0 unspecified atom stereocenters. The highest BCUT2D eigenvalue weighted by molar-refractivity contribution is 5.79. The van der Waals surface area contributed by atoms with E-state index in [4.69, 9.17) is 9.84 Å². The van der Waals surface area contributed by atoms with Crippen LogP contribution in [-0.2, 0) is 9.53 Å². The van der Waals surface area contributed by atoms with Gasteiger partial charge in [-0.1, -0.05) is 0 Å².